The Morgan fingerprint density at radius 2 is 2.21 bits per heavy atom. The number of amides is 1. The molecule has 1 aliphatic heterocycles. The number of hydrogen-bond donors (Lipinski definition) is 0. The molecule has 3 heterocycles. The van der Waals surface area contributed by atoms with Gasteiger partial charge in [-0.15, -0.1) is 11.3 Å². The smallest absolute Gasteiger partial charge is 0.265 e. The maximum absolute atomic E-state index is 12.3. The number of nitrogens with zero attached hydrogens (tertiary/aromatic N) is 3. The van der Waals surface area contributed by atoms with Crippen LogP contribution in [0.25, 0.3) is 0 Å². The Morgan fingerprint density at radius 3 is 2.95 bits per heavy atom. The van der Waals surface area contributed by atoms with E-state index in [2.05, 4.69) is 9.97 Å². The molecular formula is C13H13N3O2S. The SMILES string of the molecule is O=C(c1cncs1)N1CCO[C@@H](c2ccncc2)C1. The molecule has 1 atom stereocenters. The number of carbonyl (C=O) groups excluding carboxylic acids is 1. The maximum Gasteiger partial charge on any atom is 0.265 e. The predicted octanol–water partition coefficient (Wildman–Crippen LogP) is 1.75. The second-order valence-electron chi connectivity index (χ2n) is 4.26. The minimum atomic E-state index is -0.0754. The molecule has 0 aliphatic carbocycles. The van der Waals surface area contributed by atoms with Crippen molar-refractivity contribution in [3.05, 3.63) is 46.7 Å². The molecule has 2 aromatic heterocycles. The summed E-state index contributed by atoms with van der Waals surface area (Å²) in [5.74, 6) is 0.0323. The first kappa shape index (κ1) is 12.3. The van der Waals surface area contributed by atoms with Crippen molar-refractivity contribution < 1.29 is 9.53 Å². The van der Waals surface area contributed by atoms with Crippen molar-refractivity contribution in [3.8, 4) is 0 Å². The second-order valence-corrected chi connectivity index (χ2v) is 5.14. The lowest BCUT2D eigenvalue weighted by atomic mass is 10.1. The molecule has 0 aromatic carbocycles. The monoisotopic (exact) mass is 275 g/mol. The summed E-state index contributed by atoms with van der Waals surface area (Å²) in [5, 5.41) is 0. The molecule has 0 unspecified atom stereocenters. The van der Waals surface area contributed by atoms with Gasteiger partial charge in [0.25, 0.3) is 5.91 Å². The van der Waals surface area contributed by atoms with Crippen LogP contribution in [-0.4, -0.2) is 40.5 Å². The third-order valence-electron chi connectivity index (χ3n) is 3.07. The van der Waals surface area contributed by atoms with E-state index in [4.69, 9.17) is 4.74 Å². The van der Waals surface area contributed by atoms with Gasteiger partial charge in [0.05, 0.1) is 24.9 Å². The van der Waals surface area contributed by atoms with Gasteiger partial charge in [0, 0.05) is 18.9 Å². The first-order chi connectivity index (χ1) is 9.34. The Hall–Kier alpha value is -1.79. The Morgan fingerprint density at radius 1 is 1.37 bits per heavy atom. The molecule has 19 heavy (non-hydrogen) atoms. The Kier molecular flexibility index (Phi) is 3.52. The second kappa shape index (κ2) is 5.46. The van der Waals surface area contributed by atoms with E-state index in [1.165, 1.54) is 11.3 Å². The van der Waals surface area contributed by atoms with Crippen LogP contribution in [0.15, 0.2) is 36.2 Å². The van der Waals surface area contributed by atoms with Gasteiger partial charge in [-0.05, 0) is 17.7 Å². The molecule has 1 aliphatic rings. The van der Waals surface area contributed by atoms with Crippen molar-refractivity contribution >= 4 is 17.2 Å². The fraction of sp³-hybridized carbons (Fsp3) is 0.308. The van der Waals surface area contributed by atoms with E-state index >= 15 is 0 Å². The third kappa shape index (κ3) is 2.64. The van der Waals surface area contributed by atoms with Crippen LogP contribution in [0.4, 0.5) is 0 Å². The number of thiazole rings is 1. The lowest BCUT2D eigenvalue weighted by molar-refractivity contribution is -0.0227. The topological polar surface area (TPSA) is 55.3 Å². The molecule has 98 valence electrons. The highest BCUT2D eigenvalue weighted by Crippen LogP contribution is 2.23. The summed E-state index contributed by atoms with van der Waals surface area (Å²) < 4.78 is 5.73. The van der Waals surface area contributed by atoms with E-state index in [-0.39, 0.29) is 12.0 Å². The van der Waals surface area contributed by atoms with E-state index < -0.39 is 0 Å². The quantitative estimate of drug-likeness (QED) is 0.838. The summed E-state index contributed by atoms with van der Waals surface area (Å²) in [7, 11) is 0. The highest BCUT2D eigenvalue weighted by atomic mass is 32.1. The standard InChI is InChI=1S/C13H13N3O2S/c17-13(12-7-15-9-19-12)16-5-6-18-11(8-16)10-1-3-14-4-2-10/h1-4,7,9,11H,5-6,8H2/t11-/m1/s1. The first-order valence-electron chi connectivity index (χ1n) is 6.04. The van der Waals surface area contributed by atoms with Crippen LogP contribution in [0.1, 0.15) is 21.3 Å². The van der Waals surface area contributed by atoms with Gasteiger partial charge in [-0.2, -0.15) is 0 Å². The molecule has 3 rings (SSSR count). The van der Waals surface area contributed by atoms with Gasteiger partial charge in [0.15, 0.2) is 0 Å². The van der Waals surface area contributed by atoms with Crippen LogP contribution in [0.2, 0.25) is 0 Å². The van der Waals surface area contributed by atoms with E-state index in [1.807, 2.05) is 17.0 Å². The summed E-state index contributed by atoms with van der Waals surface area (Å²) in [6.07, 6.45) is 5.02. The lowest BCUT2D eigenvalue weighted by Gasteiger charge is -2.32. The summed E-state index contributed by atoms with van der Waals surface area (Å²) in [5.41, 5.74) is 2.73. The molecule has 1 saturated heterocycles. The fourth-order valence-corrected chi connectivity index (χ4v) is 2.68. The number of rotatable bonds is 2. The predicted molar refractivity (Wildman–Crippen MR) is 70.9 cm³/mol. The van der Waals surface area contributed by atoms with E-state index in [9.17, 15) is 4.79 Å². The van der Waals surface area contributed by atoms with Gasteiger partial charge in [0.2, 0.25) is 0 Å². The van der Waals surface area contributed by atoms with Crippen molar-refractivity contribution in [1.29, 1.82) is 0 Å². The molecule has 0 radical (unpaired) electrons. The maximum atomic E-state index is 12.3. The summed E-state index contributed by atoms with van der Waals surface area (Å²) in [6, 6.07) is 3.84. The number of pyridine rings is 1. The number of morpholine rings is 1. The van der Waals surface area contributed by atoms with Gasteiger partial charge < -0.3 is 9.64 Å². The van der Waals surface area contributed by atoms with Crippen LogP contribution in [-0.2, 0) is 4.74 Å². The first-order valence-corrected chi connectivity index (χ1v) is 6.92. The molecule has 0 bridgehead atoms. The van der Waals surface area contributed by atoms with Crippen LogP contribution >= 0.6 is 11.3 Å². The zero-order valence-electron chi connectivity index (χ0n) is 10.2. The Bertz CT molecular complexity index is 544. The lowest BCUT2D eigenvalue weighted by Crippen LogP contribution is -2.42. The molecule has 6 heteroatoms. The summed E-state index contributed by atoms with van der Waals surface area (Å²) in [6.45, 7) is 1.75. The molecule has 2 aromatic rings. The average molecular weight is 275 g/mol. The van der Waals surface area contributed by atoms with E-state index in [0.717, 1.165) is 5.56 Å². The van der Waals surface area contributed by atoms with Crippen molar-refractivity contribution in [2.45, 2.75) is 6.10 Å². The Balaban J connectivity index is 1.73. The number of hydrogen-bond acceptors (Lipinski definition) is 5. The molecular weight excluding hydrogens is 262 g/mol. The van der Waals surface area contributed by atoms with Gasteiger partial charge >= 0.3 is 0 Å². The van der Waals surface area contributed by atoms with Gasteiger partial charge in [-0.1, -0.05) is 0 Å². The number of carbonyl (C=O) groups is 1. The van der Waals surface area contributed by atoms with E-state index in [1.54, 1.807) is 24.1 Å². The zero-order valence-corrected chi connectivity index (χ0v) is 11.0. The highest BCUT2D eigenvalue weighted by molar-refractivity contribution is 7.11. The van der Waals surface area contributed by atoms with Crippen LogP contribution in [0.5, 0.6) is 0 Å². The van der Waals surface area contributed by atoms with Gasteiger partial charge in [-0.25, -0.2) is 0 Å². The number of ether oxygens (including phenoxy) is 1. The van der Waals surface area contributed by atoms with Crippen LogP contribution in [0.3, 0.4) is 0 Å². The summed E-state index contributed by atoms with van der Waals surface area (Å²) in [4.78, 5) is 22.7. The van der Waals surface area contributed by atoms with Crippen molar-refractivity contribution in [2.24, 2.45) is 0 Å². The van der Waals surface area contributed by atoms with Gasteiger partial charge in [0.1, 0.15) is 11.0 Å². The average Bonchev–Trinajstić information content (AvgIpc) is 3.02. The summed E-state index contributed by atoms with van der Waals surface area (Å²) >= 11 is 1.37. The minimum Gasteiger partial charge on any atom is -0.370 e. The van der Waals surface area contributed by atoms with E-state index in [0.29, 0.717) is 24.6 Å². The fourth-order valence-electron chi connectivity index (χ4n) is 2.09. The molecule has 1 fully saturated rings. The van der Waals surface area contributed by atoms with Crippen molar-refractivity contribution in [1.82, 2.24) is 14.9 Å². The van der Waals surface area contributed by atoms with Crippen LogP contribution in [0, 0.1) is 0 Å². The zero-order chi connectivity index (χ0) is 13.1. The largest absolute Gasteiger partial charge is 0.370 e. The highest BCUT2D eigenvalue weighted by Gasteiger charge is 2.26. The van der Waals surface area contributed by atoms with Crippen LogP contribution < -0.4 is 0 Å². The van der Waals surface area contributed by atoms with Crippen molar-refractivity contribution in [2.75, 3.05) is 19.7 Å². The number of aromatic nitrogens is 2. The molecule has 5 nitrogen and oxygen atoms in total. The Labute approximate surface area is 114 Å². The third-order valence-corrected chi connectivity index (χ3v) is 3.84. The minimum absolute atomic E-state index is 0.0323. The molecule has 0 spiro atoms. The molecule has 0 saturated carbocycles. The molecule has 0 N–H and O–H groups in total. The van der Waals surface area contributed by atoms with Crippen molar-refractivity contribution in [3.63, 3.8) is 0 Å². The normalized spacial score (nSPS) is 19.4. The molecule has 1 amide bonds. The van der Waals surface area contributed by atoms with Gasteiger partial charge in [-0.3, -0.25) is 14.8 Å².